The van der Waals surface area contributed by atoms with Crippen molar-refractivity contribution in [2.75, 3.05) is 36.9 Å². The Labute approximate surface area is 215 Å². The molecular formula is C27H31ClFN5O2. The average molecular weight is 512 g/mol. The number of nitrogens with zero attached hydrogens (tertiary/aromatic N) is 3. The lowest BCUT2D eigenvalue weighted by atomic mass is 10.1. The van der Waals surface area contributed by atoms with Gasteiger partial charge in [-0.05, 0) is 69.1 Å². The number of hydrogen-bond acceptors (Lipinski definition) is 6. The van der Waals surface area contributed by atoms with Crippen molar-refractivity contribution in [2.45, 2.75) is 39.0 Å². The molecule has 4 rings (SSSR count). The highest BCUT2D eigenvalue weighted by Gasteiger charge is 2.14. The van der Waals surface area contributed by atoms with Gasteiger partial charge in [-0.1, -0.05) is 31.0 Å². The molecule has 0 bridgehead atoms. The highest BCUT2D eigenvalue weighted by molar-refractivity contribution is 6.31. The van der Waals surface area contributed by atoms with Crippen LogP contribution in [0.25, 0.3) is 10.9 Å². The minimum atomic E-state index is -0.499. The van der Waals surface area contributed by atoms with E-state index in [2.05, 4.69) is 25.5 Å². The van der Waals surface area contributed by atoms with Gasteiger partial charge in [-0.25, -0.2) is 14.4 Å². The van der Waals surface area contributed by atoms with Crippen LogP contribution in [0, 0.1) is 5.82 Å². The first-order chi connectivity index (χ1) is 17.5. The van der Waals surface area contributed by atoms with Crippen LogP contribution >= 0.6 is 11.6 Å². The van der Waals surface area contributed by atoms with Gasteiger partial charge in [0.05, 0.1) is 22.8 Å². The first-order valence-corrected chi connectivity index (χ1v) is 12.7. The number of carbonyl (C=O) groups excluding carboxylic acids is 1. The highest BCUT2D eigenvalue weighted by Crippen LogP contribution is 2.34. The molecule has 0 saturated carbocycles. The molecule has 9 heteroatoms. The Hall–Kier alpha value is -3.23. The number of likely N-dealkylation sites (tertiary alicyclic amines) is 1. The van der Waals surface area contributed by atoms with E-state index in [0.29, 0.717) is 40.5 Å². The molecular weight excluding hydrogens is 481 g/mol. The largest absolute Gasteiger partial charge is 0.491 e. The molecule has 1 fully saturated rings. The molecule has 2 aromatic carbocycles. The SMILES string of the molecule is CCCOc1cc2ncnc(Nc3ccc(F)c(Cl)c3)c2cc1NC(=O)C=CCCN1CCCCC1. The summed E-state index contributed by atoms with van der Waals surface area (Å²) in [6.45, 7) is 5.76. The number of carbonyl (C=O) groups is 1. The van der Waals surface area contributed by atoms with Gasteiger partial charge in [-0.2, -0.15) is 0 Å². The number of hydrogen-bond donors (Lipinski definition) is 2. The molecule has 7 nitrogen and oxygen atoms in total. The lowest BCUT2D eigenvalue weighted by Crippen LogP contribution is -2.30. The van der Waals surface area contributed by atoms with Gasteiger partial charge in [0.1, 0.15) is 23.7 Å². The molecule has 2 heterocycles. The topological polar surface area (TPSA) is 79.4 Å². The van der Waals surface area contributed by atoms with E-state index in [1.165, 1.54) is 37.7 Å². The van der Waals surface area contributed by atoms with Crippen molar-refractivity contribution in [3.8, 4) is 5.75 Å². The maximum atomic E-state index is 13.6. The molecule has 1 amide bonds. The van der Waals surface area contributed by atoms with E-state index in [1.54, 1.807) is 24.3 Å². The molecule has 1 saturated heterocycles. The van der Waals surface area contributed by atoms with Gasteiger partial charge in [-0.3, -0.25) is 4.79 Å². The molecule has 0 unspecified atom stereocenters. The van der Waals surface area contributed by atoms with Crippen LogP contribution in [-0.2, 0) is 4.79 Å². The molecule has 1 aliphatic rings. The Bertz CT molecular complexity index is 1230. The molecule has 1 aliphatic heterocycles. The fourth-order valence-corrected chi connectivity index (χ4v) is 4.31. The van der Waals surface area contributed by atoms with Crippen LogP contribution in [0.1, 0.15) is 39.0 Å². The number of amides is 1. The maximum Gasteiger partial charge on any atom is 0.248 e. The predicted octanol–water partition coefficient (Wildman–Crippen LogP) is 6.33. The number of aromatic nitrogens is 2. The quantitative estimate of drug-likeness (QED) is 0.310. The smallest absolute Gasteiger partial charge is 0.248 e. The number of halogens is 2. The highest BCUT2D eigenvalue weighted by atomic mass is 35.5. The summed E-state index contributed by atoms with van der Waals surface area (Å²) in [6, 6.07) is 7.92. The number of fused-ring (bicyclic) bond motifs is 1. The number of ether oxygens (including phenoxy) is 1. The zero-order chi connectivity index (χ0) is 25.3. The van der Waals surface area contributed by atoms with Crippen LogP contribution in [-0.4, -0.2) is 47.0 Å². The number of benzene rings is 2. The van der Waals surface area contributed by atoms with Gasteiger partial charge in [-0.15, -0.1) is 0 Å². The van der Waals surface area contributed by atoms with Crippen molar-refractivity contribution < 1.29 is 13.9 Å². The van der Waals surface area contributed by atoms with Crippen molar-refractivity contribution in [2.24, 2.45) is 0 Å². The summed E-state index contributed by atoms with van der Waals surface area (Å²) < 4.78 is 19.5. The molecule has 2 N–H and O–H groups in total. The average Bonchev–Trinajstić information content (AvgIpc) is 2.88. The van der Waals surface area contributed by atoms with Gasteiger partial charge in [0.25, 0.3) is 0 Å². The van der Waals surface area contributed by atoms with E-state index in [4.69, 9.17) is 16.3 Å². The van der Waals surface area contributed by atoms with E-state index in [-0.39, 0.29) is 10.9 Å². The minimum absolute atomic E-state index is 0.00800. The van der Waals surface area contributed by atoms with Crippen LogP contribution in [0.2, 0.25) is 5.02 Å². The Morgan fingerprint density at radius 3 is 2.81 bits per heavy atom. The van der Waals surface area contributed by atoms with E-state index in [9.17, 15) is 9.18 Å². The fourth-order valence-electron chi connectivity index (χ4n) is 4.13. The summed E-state index contributed by atoms with van der Waals surface area (Å²) in [5.74, 6) is 0.304. The Morgan fingerprint density at radius 2 is 2.03 bits per heavy atom. The first-order valence-electron chi connectivity index (χ1n) is 12.4. The summed E-state index contributed by atoms with van der Waals surface area (Å²) in [6.07, 6.45) is 10.4. The van der Waals surface area contributed by atoms with Crippen molar-refractivity contribution in [1.82, 2.24) is 14.9 Å². The van der Waals surface area contributed by atoms with Crippen molar-refractivity contribution >= 4 is 45.6 Å². The van der Waals surface area contributed by atoms with Gasteiger partial charge >= 0.3 is 0 Å². The summed E-state index contributed by atoms with van der Waals surface area (Å²) in [5, 5.41) is 6.78. The second kappa shape index (κ2) is 12.6. The van der Waals surface area contributed by atoms with Crippen molar-refractivity contribution in [3.05, 3.63) is 59.7 Å². The zero-order valence-corrected chi connectivity index (χ0v) is 21.2. The molecule has 0 radical (unpaired) electrons. The number of nitrogens with one attached hydrogen (secondary N) is 2. The summed E-state index contributed by atoms with van der Waals surface area (Å²) in [7, 11) is 0. The van der Waals surface area contributed by atoms with E-state index >= 15 is 0 Å². The van der Waals surface area contributed by atoms with Gasteiger partial charge < -0.3 is 20.3 Å². The second-order valence-electron chi connectivity index (χ2n) is 8.77. The molecule has 190 valence electrons. The van der Waals surface area contributed by atoms with Gasteiger partial charge in [0.15, 0.2) is 0 Å². The standard InChI is InChI=1S/C27H31ClFN5O2/c1-2-14-36-25-17-23-20(27(31-18-30-23)32-19-9-10-22(29)21(28)15-19)16-24(25)33-26(35)8-4-7-13-34-11-5-3-6-12-34/h4,8-10,15-18H,2-3,5-7,11-14H2,1H3,(H,33,35)(H,30,31,32). The van der Waals surface area contributed by atoms with Crippen LogP contribution in [0.5, 0.6) is 5.75 Å². The molecule has 36 heavy (non-hydrogen) atoms. The van der Waals surface area contributed by atoms with Crippen LogP contribution in [0.15, 0.2) is 48.8 Å². The number of anilines is 3. The third kappa shape index (κ3) is 6.92. The zero-order valence-electron chi connectivity index (χ0n) is 20.4. The van der Waals surface area contributed by atoms with Crippen molar-refractivity contribution in [3.63, 3.8) is 0 Å². The van der Waals surface area contributed by atoms with Crippen LogP contribution in [0.4, 0.5) is 21.6 Å². The first kappa shape index (κ1) is 25.9. The lowest BCUT2D eigenvalue weighted by Gasteiger charge is -2.25. The van der Waals surface area contributed by atoms with Crippen LogP contribution < -0.4 is 15.4 Å². The Morgan fingerprint density at radius 1 is 1.19 bits per heavy atom. The second-order valence-corrected chi connectivity index (χ2v) is 9.18. The monoisotopic (exact) mass is 511 g/mol. The molecule has 0 atom stereocenters. The van der Waals surface area contributed by atoms with Crippen LogP contribution in [0.3, 0.4) is 0 Å². The summed E-state index contributed by atoms with van der Waals surface area (Å²) in [5.41, 5.74) is 1.74. The fraction of sp³-hybridized carbons (Fsp3) is 0.370. The summed E-state index contributed by atoms with van der Waals surface area (Å²) >= 11 is 5.93. The third-order valence-electron chi connectivity index (χ3n) is 5.97. The maximum absolute atomic E-state index is 13.6. The lowest BCUT2D eigenvalue weighted by molar-refractivity contribution is -0.111. The Kier molecular flexibility index (Phi) is 9.08. The number of piperidine rings is 1. The van der Waals surface area contributed by atoms with E-state index in [0.717, 1.165) is 32.5 Å². The molecule has 0 spiro atoms. The minimum Gasteiger partial charge on any atom is -0.491 e. The van der Waals surface area contributed by atoms with Gasteiger partial charge in [0, 0.05) is 23.7 Å². The van der Waals surface area contributed by atoms with Gasteiger partial charge in [0.2, 0.25) is 5.91 Å². The Balaban J connectivity index is 1.53. The molecule has 1 aromatic heterocycles. The van der Waals surface area contributed by atoms with Crippen molar-refractivity contribution in [1.29, 1.82) is 0 Å². The normalized spacial score (nSPS) is 14.3. The van der Waals surface area contributed by atoms with E-state index in [1.807, 2.05) is 13.0 Å². The molecule has 3 aromatic rings. The number of rotatable bonds is 10. The summed E-state index contributed by atoms with van der Waals surface area (Å²) in [4.78, 5) is 23.8. The predicted molar refractivity (Wildman–Crippen MR) is 143 cm³/mol. The van der Waals surface area contributed by atoms with E-state index < -0.39 is 5.82 Å². The third-order valence-corrected chi connectivity index (χ3v) is 6.26. The molecule has 0 aliphatic carbocycles.